The zero-order chi connectivity index (χ0) is 15.9. The molecule has 3 N–H and O–H groups in total. The van der Waals surface area contributed by atoms with Crippen LogP contribution in [0.2, 0.25) is 5.02 Å². The molecule has 0 aromatic heterocycles. The average Bonchev–Trinajstić information content (AvgIpc) is 2.30. The van der Waals surface area contributed by atoms with Crippen molar-refractivity contribution in [2.75, 3.05) is 11.9 Å². The van der Waals surface area contributed by atoms with E-state index in [1.807, 2.05) is 12.1 Å². The molecule has 0 aliphatic heterocycles. The Morgan fingerprint density at radius 1 is 1.14 bits per heavy atom. The van der Waals surface area contributed by atoms with E-state index in [-0.39, 0.29) is 16.4 Å². The SMILES string of the molecule is CC1(C)CC(C)(C)CC(CN)(Nc2ccc(Br)c(Cl)c2)C1. The highest BCUT2D eigenvalue weighted by Crippen LogP contribution is 2.50. The average molecular weight is 374 g/mol. The van der Waals surface area contributed by atoms with Gasteiger partial charge in [0.25, 0.3) is 0 Å². The second-order valence-electron chi connectivity index (χ2n) is 8.10. The molecule has 0 radical (unpaired) electrons. The summed E-state index contributed by atoms with van der Waals surface area (Å²) in [5.41, 5.74) is 7.74. The van der Waals surface area contributed by atoms with Gasteiger partial charge < -0.3 is 11.1 Å². The molecule has 1 fully saturated rings. The monoisotopic (exact) mass is 372 g/mol. The van der Waals surface area contributed by atoms with E-state index in [4.69, 9.17) is 17.3 Å². The summed E-state index contributed by atoms with van der Waals surface area (Å²) in [7, 11) is 0. The Balaban J connectivity index is 2.30. The molecule has 0 atom stereocenters. The highest BCUT2D eigenvalue weighted by molar-refractivity contribution is 9.10. The Kier molecular flexibility index (Phi) is 4.68. The van der Waals surface area contributed by atoms with E-state index in [0.29, 0.717) is 6.54 Å². The van der Waals surface area contributed by atoms with Crippen LogP contribution in [0.4, 0.5) is 5.69 Å². The standard InChI is InChI=1S/C17H26BrClN2/c1-15(2)8-16(3,4)10-17(9-15,11-20)21-12-5-6-13(18)14(19)7-12/h5-7,21H,8-11,20H2,1-4H3. The number of nitrogens with two attached hydrogens (primary N) is 1. The van der Waals surface area contributed by atoms with Crippen LogP contribution < -0.4 is 11.1 Å². The Morgan fingerprint density at radius 2 is 1.71 bits per heavy atom. The molecule has 0 saturated heterocycles. The van der Waals surface area contributed by atoms with Crippen LogP contribution in [-0.4, -0.2) is 12.1 Å². The summed E-state index contributed by atoms with van der Waals surface area (Å²) in [4.78, 5) is 0. The summed E-state index contributed by atoms with van der Waals surface area (Å²) in [6.07, 6.45) is 3.38. The van der Waals surface area contributed by atoms with E-state index in [1.165, 1.54) is 6.42 Å². The first-order valence-electron chi connectivity index (χ1n) is 7.50. The maximum atomic E-state index is 6.21. The van der Waals surface area contributed by atoms with Crippen LogP contribution in [0, 0.1) is 10.8 Å². The van der Waals surface area contributed by atoms with Gasteiger partial charge in [-0.1, -0.05) is 39.3 Å². The first-order chi connectivity index (χ1) is 9.56. The summed E-state index contributed by atoms with van der Waals surface area (Å²) in [5, 5.41) is 4.42. The molecule has 1 aliphatic rings. The minimum absolute atomic E-state index is 0.0671. The minimum atomic E-state index is -0.0671. The van der Waals surface area contributed by atoms with Crippen molar-refractivity contribution < 1.29 is 0 Å². The first-order valence-corrected chi connectivity index (χ1v) is 8.67. The maximum Gasteiger partial charge on any atom is 0.0568 e. The molecular formula is C17H26BrClN2. The van der Waals surface area contributed by atoms with Crippen molar-refractivity contribution in [3.8, 4) is 0 Å². The highest BCUT2D eigenvalue weighted by atomic mass is 79.9. The second-order valence-corrected chi connectivity index (χ2v) is 9.36. The van der Waals surface area contributed by atoms with Gasteiger partial charge in [-0.2, -0.15) is 0 Å². The topological polar surface area (TPSA) is 38.0 Å². The molecule has 1 aromatic carbocycles. The molecule has 1 saturated carbocycles. The number of halogens is 2. The van der Waals surface area contributed by atoms with Gasteiger partial charge in [-0.3, -0.25) is 0 Å². The van der Waals surface area contributed by atoms with Gasteiger partial charge in [-0.25, -0.2) is 0 Å². The van der Waals surface area contributed by atoms with Crippen LogP contribution in [0.5, 0.6) is 0 Å². The molecule has 0 amide bonds. The Bertz CT molecular complexity index is 510. The molecule has 4 heteroatoms. The molecule has 21 heavy (non-hydrogen) atoms. The smallest absolute Gasteiger partial charge is 0.0568 e. The number of benzene rings is 1. The zero-order valence-corrected chi connectivity index (χ0v) is 15.7. The molecular weight excluding hydrogens is 348 g/mol. The van der Waals surface area contributed by atoms with E-state index in [0.717, 1.165) is 28.0 Å². The molecule has 118 valence electrons. The Morgan fingerprint density at radius 3 is 2.19 bits per heavy atom. The third kappa shape index (κ3) is 4.14. The number of anilines is 1. The molecule has 0 bridgehead atoms. The Labute approximate surface area is 142 Å². The van der Waals surface area contributed by atoms with Crippen LogP contribution in [0.15, 0.2) is 22.7 Å². The van der Waals surface area contributed by atoms with Crippen LogP contribution >= 0.6 is 27.5 Å². The van der Waals surface area contributed by atoms with Gasteiger partial charge in [0.05, 0.1) is 10.6 Å². The molecule has 0 unspecified atom stereocenters. The van der Waals surface area contributed by atoms with Crippen molar-refractivity contribution in [3.05, 3.63) is 27.7 Å². The molecule has 1 aliphatic carbocycles. The first kappa shape index (κ1) is 17.1. The lowest BCUT2D eigenvalue weighted by Gasteiger charge is -2.52. The van der Waals surface area contributed by atoms with Crippen molar-refractivity contribution in [3.63, 3.8) is 0 Å². The Hall–Kier alpha value is -0.250. The van der Waals surface area contributed by atoms with Crippen molar-refractivity contribution in [2.45, 2.75) is 52.5 Å². The normalized spacial score (nSPS) is 22.8. The van der Waals surface area contributed by atoms with Gasteiger partial charge in [0.15, 0.2) is 0 Å². The second kappa shape index (κ2) is 5.75. The van der Waals surface area contributed by atoms with Gasteiger partial charge in [0.2, 0.25) is 0 Å². The van der Waals surface area contributed by atoms with Gasteiger partial charge in [-0.15, -0.1) is 0 Å². The molecule has 1 aromatic rings. The fourth-order valence-corrected chi connectivity index (χ4v) is 4.91. The number of hydrogen-bond donors (Lipinski definition) is 2. The predicted molar refractivity (Wildman–Crippen MR) is 96.0 cm³/mol. The molecule has 0 heterocycles. The van der Waals surface area contributed by atoms with E-state index >= 15 is 0 Å². The van der Waals surface area contributed by atoms with E-state index in [2.05, 4.69) is 55.0 Å². The third-order valence-electron chi connectivity index (χ3n) is 4.31. The fraction of sp³-hybridized carbons (Fsp3) is 0.647. The van der Waals surface area contributed by atoms with E-state index in [9.17, 15) is 0 Å². The van der Waals surface area contributed by atoms with Crippen LogP contribution in [0.1, 0.15) is 47.0 Å². The lowest BCUT2D eigenvalue weighted by molar-refractivity contribution is 0.0623. The third-order valence-corrected chi connectivity index (χ3v) is 5.54. The van der Waals surface area contributed by atoms with Crippen molar-refractivity contribution >= 4 is 33.2 Å². The van der Waals surface area contributed by atoms with Crippen LogP contribution in [0.3, 0.4) is 0 Å². The van der Waals surface area contributed by atoms with Gasteiger partial charge in [0.1, 0.15) is 0 Å². The number of rotatable bonds is 3. The van der Waals surface area contributed by atoms with Crippen molar-refractivity contribution in [1.82, 2.24) is 0 Å². The maximum absolute atomic E-state index is 6.21. The lowest BCUT2D eigenvalue weighted by atomic mass is 9.58. The predicted octanol–water partition coefficient (Wildman–Crippen LogP) is 5.45. The summed E-state index contributed by atoms with van der Waals surface area (Å²) < 4.78 is 0.917. The van der Waals surface area contributed by atoms with Gasteiger partial charge >= 0.3 is 0 Å². The van der Waals surface area contributed by atoms with Gasteiger partial charge in [-0.05, 0) is 64.2 Å². The van der Waals surface area contributed by atoms with Crippen LogP contribution in [-0.2, 0) is 0 Å². The number of nitrogens with one attached hydrogen (secondary N) is 1. The quantitative estimate of drug-likeness (QED) is 0.739. The van der Waals surface area contributed by atoms with Gasteiger partial charge in [0, 0.05) is 16.7 Å². The summed E-state index contributed by atoms with van der Waals surface area (Å²) >= 11 is 9.65. The van der Waals surface area contributed by atoms with E-state index < -0.39 is 0 Å². The largest absolute Gasteiger partial charge is 0.378 e. The number of hydrogen-bond acceptors (Lipinski definition) is 2. The molecule has 2 rings (SSSR count). The van der Waals surface area contributed by atoms with Crippen molar-refractivity contribution in [2.24, 2.45) is 16.6 Å². The zero-order valence-electron chi connectivity index (χ0n) is 13.4. The highest BCUT2D eigenvalue weighted by Gasteiger charge is 2.46. The van der Waals surface area contributed by atoms with Crippen LogP contribution in [0.25, 0.3) is 0 Å². The molecule has 2 nitrogen and oxygen atoms in total. The summed E-state index contributed by atoms with van der Waals surface area (Å²) in [6.45, 7) is 10.00. The van der Waals surface area contributed by atoms with E-state index in [1.54, 1.807) is 0 Å². The summed E-state index contributed by atoms with van der Waals surface area (Å²) in [5.74, 6) is 0. The summed E-state index contributed by atoms with van der Waals surface area (Å²) in [6, 6.07) is 6.01. The van der Waals surface area contributed by atoms with Crippen molar-refractivity contribution in [1.29, 1.82) is 0 Å². The minimum Gasteiger partial charge on any atom is -0.378 e. The molecule has 0 spiro atoms. The fourth-order valence-electron chi connectivity index (χ4n) is 4.48. The lowest BCUT2D eigenvalue weighted by Crippen LogP contribution is -2.55.